The van der Waals surface area contributed by atoms with Gasteiger partial charge >= 0.3 is 5.97 Å². The molecular weight excluding hydrogens is 246 g/mol. The average molecular weight is 265 g/mol. The highest BCUT2D eigenvalue weighted by Gasteiger charge is 2.35. The smallest absolute Gasteiger partial charge is 0.307 e. The van der Waals surface area contributed by atoms with E-state index in [1.54, 1.807) is 10.9 Å². The molecule has 6 nitrogen and oxygen atoms in total. The highest BCUT2D eigenvalue weighted by molar-refractivity contribution is 5.84. The second kappa shape index (κ2) is 5.86. The van der Waals surface area contributed by atoms with Gasteiger partial charge in [-0.15, -0.1) is 0 Å². The van der Waals surface area contributed by atoms with Crippen LogP contribution in [0.3, 0.4) is 0 Å². The normalized spacial score (nSPS) is 23.0. The zero-order chi connectivity index (χ0) is 13.8. The molecule has 1 saturated carbocycles. The van der Waals surface area contributed by atoms with Crippen LogP contribution in [0.1, 0.15) is 31.4 Å². The van der Waals surface area contributed by atoms with Crippen molar-refractivity contribution in [1.29, 1.82) is 0 Å². The van der Waals surface area contributed by atoms with Crippen LogP contribution in [0.25, 0.3) is 0 Å². The predicted octanol–water partition coefficient (Wildman–Crippen LogP) is 0.927. The predicted molar refractivity (Wildman–Crippen MR) is 68.1 cm³/mol. The van der Waals surface area contributed by atoms with Crippen LogP contribution in [-0.4, -0.2) is 26.8 Å². The van der Waals surface area contributed by atoms with Gasteiger partial charge in [-0.05, 0) is 18.9 Å². The molecule has 1 aromatic heterocycles. The molecule has 104 valence electrons. The SMILES string of the molecule is Cn1nccc1CNC(=O)C1CCCCC1C(=O)O. The number of carboxylic acid groups (broad SMARTS) is 1. The number of hydrogen-bond acceptors (Lipinski definition) is 3. The summed E-state index contributed by atoms with van der Waals surface area (Å²) < 4.78 is 1.69. The number of amides is 1. The molecule has 1 aliphatic carbocycles. The minimum Gasteiger partial charge on any atom is -0.481 e. The van der Waals surface area contributed by atoms with E-state index in [1.807, 2.05) is 13.1 Å². The molecule has 0 aliphatic heterocycles. The molecule has 0 spiro atoms. The summed E-state index contributed by atoms with van der Waals surface area (Å²) in [6, 6.07) is 1.83. The Bertz CT molecular complexity index is 469. The summed E-state index contributed by atoms with van der Waals surface area (Å²) in [6.45, 7) is 0.387. The molecule has 1 aliphatic rings. The molecule has 2 rings (SSSR count). The summed E-state index contributed by atoms with van der Waals surface area (Å²) in [5, 5.41) is 16.0. The Kier molecular flexibility index (Phi) is 4.19. The largest absolute Gasteiger partial charge is 0.481 e. The number of nitrogens with zero attached hydrogens (tertiary/aromatic N) is 2. The van der Waals surface area contributed by atoms with E-state index in [1.165, 1.54) is 0 Å². The molecular formula is C13H19N3O3. The third-order valence-electron chi connectivity index (χ3n) is 3.79. The van der Waals surface area contributed by atoms with E-state index in [2.05, 4.69) is 10.4 Å². The van der Waals surface area contributed by atoms with Crippen molar-refractivity contribution in [3.8, 4) is 0 Å². The van der Waals surface area contributed by atoms with E-state index in [-0.39, 0.29) is 5.91 Å². The van der Waals surface area contributed by atoms with Crippen molar-refractivity contribution in [2.75, 3.05) is 0 Å². The maximum atomic E-state index is 12.1. The molecule has 1 fully saturated rings. The maximum Gasteiger partial charge on any atom is 0.307 e. The van der Waals surface area contributed by atoms with Crippen molar-refractivity contribution in [2.45, 2.75) is 32.2 Å². The Hall–Kier alpha value is -1.85. The number of nitrogens with one attached hydrogen (secondary N) is 1. The first-order chi connectivity index (χ1) is 9.09. The van der Waals surface area contributed by atoms with Gasteiger partial charge in [-0.3, -0.25) is 14.3 Å². The van der Waals surface area contributed by atoms with Gasteiger partial charge in [-0.25, -0.2) is 0 Å². The fraction of sp³-hybridized carbons (Fsp3) is 0.615. The van der Waals surface area contributed by atoms with Crippen LogP contribution in [0.2, 0.25) is 0 Å². The maximum absolute atomic E-state index is 12.1. The molecule has 6 heteroatoms. The van der Waals surface area contributed by atoms with Crippen LogP contribution in [0.15, 0.2) is 12.3 Å². The van der Waals surface area contributed by atoms with E-state index in [0.717, 1.165) is 18.5 Å². The van der Waals surface area contributed by atoms with E-state index in [4.69, 9.17) is 5.11 Å². The van der Waals surface area contributed by atoms with E-state index in [0.29, 0.717) is 19.4 Å². The molecule has 1 heterocycles. The van der Waals surface area contributed by atoms with Crippen LogP contribution in [0.5, 0.6) is 0 Å². The van der Waals surface area contributed by atoms with Gasteiger partial charge in [0.05, 0.1) is 24.1 Å². The van der Waals surface area contributed by atoms with Crippen LogP contribution >= 0.6 is 0 Å². The Morgan fingerprint density at radius 1 is 1.42 bits per heavy atom. The molecule has 0 radical (unpaired) electrons. The van der Waals surface area contributed by atoms with Gasteiger partial charge in [0.2, 0.25) is 5.91 Å². The Morgan fingerprint density at radius 2 is 2.11 bits per heavy atom. The molecule has 1 amide bonds. The molecule has 2 unspecified atom stereocenters. The van der Waals surface area contributed by atoms with Gasteiger partial charge in [0.25, 0.3) is 0 Å². The topological polar surface area (TPSA) is 84.2 Å². The number of carbonyl (C=O) groups is 2. The second-order valence-corrected chi connectivity index (χ2v) is 5.00. The van der Waals surface area contributed by atoms with Gasteiger partial charge in [0, 0.05) is 13.2 Å². The van der Waals surface area contributed by atoms with Crippen molar-refractivity contribution >= 4 is 11.9 Å². The molecule has 2 N–H and O–H groups in total. The quantitative estimate of drug-likeness (QED) is 0.848. The van der Waals surface area contributed by atoms with Crippen molar-refractivity contribution in [2.24, 2.45) is 18.9 Å². The van der Waals surface area contributed by atoms with Crippen molar-refractivity contribution in [3.05, 3.63) is 18.0 Å². The minimum absolute atomic E-state index is 0.159. The van der Waals surface area contributed by atoms with Gasteiger partial charge in [0.15, 0.2) is 0 Å². The molecule has 19 heavy (non-hydrogen) atoms. The first kappa shape index (κ1) is 13.6. The molecule has 0 bridgehead atoms. The van der Waals surface area contributed by atoms with Crippen LogP contribution in [0.4, 0.5) is 0 Å². The van der Waals surface area contributed by atoms with Gasteiger partial charge in [-0.2, -0.15) is 5.10 Å². The number of aliphatic carboxylic acids is 1. The Morgan fingerprint density at radius 3 is 2.68 bits per heavy atom. The summed E-state index contributed by atoms with van der Waals surface area (Å²) in [5.74, 6) is -1.96. The minimum atomic E-state index is -0.861. The van der Waals surface area contributed by atoms with Gasteiger partial charge in [-0.1, -0.05) is 12.8 Å². The van der Waals surface area contributed by atoms with E-state index < -0.39 is 17.8 Å². The monoisotopic (exact) mass is 265 g/mol. The molecule has 1 aromatic rings. The lowest BCUT2D eigenvalue weighted by Crippen LogP contribution is -2.39. The summed E-state index contributed by atoms with van der Waals surface area (Å²) in [7, 11) is 1.81. The number of carbonyl (C=O) groups excluding carboxylic acids is 1. The zero-order valence-corrected chi connectivity index (χ0v) is 11.0. The zero-order valence-electron chi connectivity index (χ0n) is 11.0. The Labute approximate surface area is 111 Å². The highest BCUT2D eigenvalue weighted by Crippen LogP contribution is 2.30. The average Bonchev–Trinajstić information content (AvgIpc) is 2.81. The van der Waals surface area contributed by atoms with Crippen molar-refractivity contribution in [3.63, 3.8) is 0 Å². The van der Waals surface area contributed by atoms with Crippen LogP contribution in [0, 0.1) is 11.8 Å². The summed E-state index contributed by atoms with van der Waals surface area (Å²) in [4.78, 5) is 23.3. The summed E-state index contributed by atoms with van der Waals surface area (Å²) in [6.07, 6.45) is 4.74. The lowest BCUT2D eigenvalue weighted by molar-refractivity contribution is -0.148. The van der Waals surface area contributed by atoms with Gasteiger partial charge < -0.3 is 10.4 Å². The van der Waals surface area contributed by atoms with E-state index >= 15 is 0 Å². The van der Waals surface area contributed by atoms with Crippen molar-refractivity contribution in [1.82, 2.24) is 15.1 Å². The molecule has 2 atom stereocenters. The number of rotatable bonds is 4. The summed E-state index contributed by atoms with van der Waals surface area (Å²) >= 11 is 0. The lowest BCUT2D eigenvalue weighted by Gasteiger charge is -2.27. The van der Waals surface area contributed by atoms with Gasteiger partial charge in [0.1, 0.15) is 0 Å². The molecule has 0 aromatic carbocycles. The van der Waals surface area contributed by atoms with Crippen molar-refractivity contribution < 1.29 is 14.7 Å². The first-order valence-corrected chi connectivity index (χ1v) is 6.57. The molecule has 0 saturated heterocycles. The lowest BCUT2D eigenvalue weighted by atomic mass is 9.79. The Balaban J connectivity index is 1.94. The highest BCUT2D eigenvalue weighted by atomic mass is 16.4. The number of aromatic nitrogens is 2. The third kappa shape index (κ3) is 3.13. The van der Waals surface area contributed by atoms with Crippen LogP contribution < -0.4 is 5.32 Å². The number of aryl methyl sites for hydroxylation is 1. The fourth-order valence-electron chi connectivity index (χ4n) is 2.62. The summed E-state index contributed by atoms with van der Waals surface area (Å²) in [5.41, 5.74) is 0.899. The number of carboxylic acids is 1. The second-order valence-electron chi connectivity index (χ2n) is 5.00. The number of hydrogen-bond donors (Lipinski definition) is 2. The van der Waals surface area contributed by atoms with Crippen LogP contribution in [-0.2, 0) is 23.2 Å². The van der Waals surface area contributed by atoms with E-state index in [9.17, 15) is 9.59 Å². The fourth-order valence-corrected chi connectivity index (χ4v) is 2.62. The third-order valence-corrected chi connectivity index (χ3v) is 3.79. The first-order valence-electron chi connectivity index (χ1n) is 6.57. The standard InChI is InChI=1S/C13H19N3O3/c1-16-9(6-7-15-16)8-14-12(17)10-4-2-3-5-11(10)13(18)19/h6-7,10-11H,2-5,8H2,1H3,(H,14,17)(H,18,19).